The molecule has 1 aromatic carbocycles. The van der Waals surface area contributed by atoms with Crippen molar-refractivity contribution < 1.29 is 9.90 Å². The van der Waals surface area contributed by atoms with Crippen LogP contribution in [0.5, 0.6) is 0 Å². The molecule has 0 saturated carbocycles. The Balaban J connectivity index is 1.80. The first kappa shape index (κ1) is 11.9. The van der Waals surface area contributed by atoms with Crippen LogP contribution in [0.2, 0.25) is 0 Å². The summed E-state index contributed by atoms with van der Waals surface area (Å²) in [5, 5.41) is 9.13. The molecule has 0 atom stereocenters. The van der Waals surface area contributed by atoms with E-state index in [1.807, 2.05) is 18.2 Å². The van der Waals surface area contributed by atoms with E-state index < -0.39 is 5.97 Å². The van der Waals surface area contributed by atoms with Crippen LogP contribution < -0.4 is 0 Å². The smallest absolute Gasteiger partial charge is 0.354 e. The summed E-state index contributed by atoms with van der Waals surface area (Å²) >= 11 is 0. The maximum absolute atomic E-state index is 11.1. The first-order valence-corrected chi connectivity index (χ1v) is 6.20. The van der Waals surface area contributed by atoms with E-state index in [9.17, 15) is 4.79 Å². The van der Waals surface area contributed by atoms with E-state index in [1.54, 1.807) is 6.07 Å². The molecule has 4 heteroatoms. The fourth-order valence-electron chi connectivity index (χ4n) is 2.52. The van der Waals surface area contributed by atoms with Crippen molar-refractivity contribution in [2.45, 2.75) is 19.6 Å². The number of aromatic carboxylic acids is 1. The Morgan fingerprint density at radius 3 is 2.47 bits per heavy atom. The lowest BCUT2D eigenvalue weighted by molar-refractivity contribution is 0.0687. The van der Waals surface area contributed by atoms with Gasteiger partial charge >= 0.3 is 5.97 Å². The Kier molecular flexibility index (Phi) is 3.01. The molecule has 0 amide bonds. The zero-order chi connectivity index (χ0) is 13.2. The Bertz CT molecular complexity index is 600. The van der Waals surface area contributed by atoms with Gasteiger partial charge in [-0.15, -0.1) is 0 Å². The fraction of sp³-hybridized carbons (Fsp3) is 0.200. The molecule has 96 valence electrons. The van der Waals surface area contributed by atoms with Gasteiger partial charge < -0.3 is 5.11 Å². The average Bonchev–Trinajstić information content (AvgIpc) is 2.81. The predicted molar refractivity (Wildman–Crippen MR) is 70.6 cm³/mol. The molecule has 1 aliphatic rings. The van der Waals surface area contributed by atoms with Crippen LogP contribution in [0, 0.1) is 0 Å². The minimum absolute atomic E-state index is 0.151. The van der Waals surface area contributed by atoms with Crippen molar-refractivity contribution in [3.63, 3.8) is 0 Å². The highest BCUT2D eigenvalue weighted by molar-refractivity contribution is 5.86. The number of hydrogen-bond acceptors (Lipinski definition) is 3. The third-order valence-electron chi connectivity index (χ3n) is 3.39. The average molecular weight is 254 g/mol. The first-order valence-electron chi connectivity index (χ1n) is 6.20. The lowest BCUT2D eigenvalue weighted by Gasteiger charge is -2.15. The third kappa shape index (κ3) is 2.35. The van der Waals surface area contributed by atoms with Gasteiger partial charge in [-0.05, 0) is 22.8 Å². The summed E-state index contributed by atoms with van der Waals surface area (Å²) in [7, 11) is 0. The molecule has 2 heterocycles. The molecular weight excluding hydrogens is 240 g/mol. The van der Waals surface area contributed by atoms with Gasteiger partial charge in [-0.25, -0.2) is 9.78 Å². The van der Waals surface area contributed by atoms with Crippen molar-refractivity contribution in [2.24, 2.45) is 0 Å². The molecular formula is C15H14N2O2. The van der Waals surface area contributed by atoms with Crippen molar-refractivity contribution >= 4 is 5.97 Å². The summed E-state index contributed by atoms with van der Waals surface area (Å²) in [6.45, 7) is 2.35. The number of carboxylic acid groups (broad SMARTS) is 1. The summed E-state index contributed by atoms with van der Waals surface area (Å²) in [5.74, 6) is -0.965. The normalized spacial score (nSPS) is 14.3. The van der Waals surface area contributed by atoms with Crippen LogP contribution in [0.25, 0.3) is 0 Å². The molecule has 0 aliphatic carbocycles. The van der Waals surface area contributed by atoms with Crippen LogP contribution in [0.1, 0.15) is 27.2 Å². The maximum Gasteiger partial charge on any atom is 0.354 e. The van der Waals surface area contributed by atoms with Gasteiger partial charge in [0.05, 0.1) is 0 Å². The van der Waals surface area contributed by atoms with Gasteiger partial charge in [-0.2, -0.15) is 0 Å². The van der Waals surface area contributed by atoms with Crippen molar-refractivity contribution in [1.29, 1.82) is 0 Å². The van der Waals surface area contributed by atoms with E-state index >= 15 is 0 Å². The summed E-state index contributed by atoms with van der Waals surface area (Å²) < 4.78 is 0. The van der Waals surface area contributed by atoms with E-state index in [1.165, 1.54) is 17.3 Å². The van der Waals surface area contributed by atoms with Gasteiger partial charge in [0, 0.05) is 25.8 Å². The Labute approximate surface area is 111 Å². The number of fused-ring (bicyclic) bond motifs is 1. The van der Waals surface area contributed by atoms with Crippen molar-refractivity contribution in [2.75, 3.05) is 0 Å². The molecule has 1 aliphatic heterocycles. The topological polar surface area (TPSA) is 53.4 Å². The number of benzene rings is 1. The molecule has 0 unspecified atom stereocenters. The second-order valence-electron chi connectivity index (χ2n) is 4.73. The quantitative estimate of drug-likeness (QED) is 0.913. The van der Waals surface area contributed by atoms with E-state index in [4.69, 9.17) is 5.11 Å². The number of pyridine rings is 1. The molecule has 0 fully saturated rings. The van der Waals surface area contributed by atoms with Crippen LogP contribution in [0.15, 0.2) is 42.6 Å². The summed E-state index contributed by atoms with van der Waals surface area (Å²) in [6, 6.07) is 11.9. The van der Waals surface area contributed by atoms with Gasteiger partial charge in [-0.3, -0.25) is 4.90 Å². The minimum atomic E-state index is -0.965. The molecule has 0 spiro atoms. The SMILES string of the molecule is O=C(O)c1ncccc1CN1Cc2ccccc2C1. The molecule has 0 saturated heterocycles. The zero-order valence-corrected chi connectivity index (χ0v) is 10.4. The van der Waals surface area contributed by atoms with Gasteiger partial charge in [0.1, 0.15) is 0 Å². The van der Waals surface area contributed by atoms with Gasteiger partial charge in [0.15, 0.2) is 5.69 Å². The van der Waals surface area contributed by atoms with E-state index in [0.29, 0.717) is 6.54 Å². The van der Waals surface area contributed by atoms with Crippen LogP contribution in [-0.4, -0.2) is 21.0 Å². The molecule has 4 nitrogen and oxygen atoms in total. The number of nitrogens with zero attached hydrogens (tertiary/aromatic N) is 2. The Hall–Kier alpha value is -2.20. The van der Waals surface area contributed by atoms with E-state index in [-0.39, 0.29) is 5.69 Å². The minimum Gasteiger partial charge on any atom is -0.477 e. The zero-order valence-electron chi connectivity index (χ0n) is 10.4. The molecule has 0 bridgehead atoms. The number of carbonyl (C=O) groups is 1. The van der Waals surface area contributed by atoms with Crippen LogP contribution in [-0.2, 0) is 19.6 Å². The molecule has 1 N–H and O–H groups in total. The number of hydrogen-bond donors (Lipinski definition) is 1. The highest BCUT2D eigenvalue weighted by atomic mass is 16.4. The molecule has 3 rings (SSSR count). The molecule has 1 aromatic heterocycles. The first-order chi connectivity index (χ1) is 9.24. The molecule has 2 aromatic rings. The number of rotatable bonds is 3. The highest BCUT2D eigenvalue weighted by Crippen LogP contribution is 2.24. The van der Waals surface area contributed by atoms with E-state index in [0.717, 1.165) is 18.7 Å². The van der Waals surface area contributed by atoms with Crippen molar-refractivity contribution in [3.05, 3.63) is 65.0 Å². The van der Waals surface area contributed by atoms with E-state index in [2.05, 4.69) is 22.0 Å². The monoisotopic (exact) mass is 254 g/mol. The molecule has 19 heavy (non-hydrogen) atoms. The summed E-state index contributed by atoms with van der Waals surface area (Å²) in [6.07, 6.45) is 1.52. The van der Waals surface area contributed by atoms with Gasteiger partial charge in [0.2, 0.25) is 0 Å². The van der Waals surface area contributed by atoms with Gasteiger partial charge in [-0.1, -0.05) is 30.3 Å². The van der Waals surface area contributed by atoms with Crippen molar-refractivity contribution in [3.8, 4) is 0 Å². The fourth-order valence-corrected chi connectivity index (χ4v) is 2.52. The van der Waals surface area contributed by atoms with Gasteiger partial charge in [0.25, 0.3) is 0 Å². The second-order valence-corrected chi connectivity index (χ2v) is 4.73. The number of carboxylic acids is 1. The highest BCUT2D eigenvalue weighted by Gasteiger charge is 2.20. The lowest BCUT2D eigenvalue weighted by Crippen LogP contribution is -2.18. The Morgan fingerprint density at radius 2 is 1.84 bits per heavy atom. The maximum atomic E-state index is 11.1. The summed E-state index contributed by atoms with van der Waals surface area (Å²) in [5.41, 5.74) is 3.56. The summed E-state index contributed by atoms with van der Waals surface area (Å²) in [4.78, 5) is 17.3. The van der Waals surface area contributed by atoms with Crippen LogP contribution in [0.3, 0.4) is 0 Å². The van der Waals surface area contributed by atoms with Crippen molar-refractivity contribution in [1.82, 2.24) is 9.88 Å². The molecule has 0 radical (unpaired) electrons. The predicted octanol–water partition coefficient (Wildman–Crippen LogP) is 2.30. The lowest BCUT2D eigenvalue weighted by atomic mass is 10.1. The number of aromatic nitrogens is 1. The third-order valence-corrected chi connectivity index (χ3v) is 3.39. The largest absolute Gasteiger partial charge is 0.477 e. The van der Waals surface area contributed by atoms with Crippen LogP contribution >= 0.6 is 0 Å². The second kappa shape index (κ2) is 4.82. The standard InChI is InChI=1S/C15H14N2O2/c18-15(19)14-13(6-3-7-16-14)10-17-8-11-4-1-2-5-12(11)9-17/h1-7H,8-10H2,(H,18,19). The van der Waals surface area contributed by atoms with Crippen LogP contribution in [0.4, 0.5) is 0 Å². The Morgan fingerprint density at radius 1 is 1.16 bits per heavy atom.